The number of aromatic nitrogens is 1. The van der Waals surface area contributed by atoms with Crippen molar-refractivity contribution in [3.63, 3.8) is 0 Å². The summed E-state index contributed by atoms with van der Waals surface area (Å²) >= 11 is 6.03. The van der Waals surface area contributed by atoms with Crippen LogP contribution in [0.5, 0.6) is 0 Å². The van der Waals surface area contributed by atoms with Crippen LogP contribution in [0.3, 0.4) is 0 Å². The molecule has 0 aliphatic rings. The van der Waals surface area contributed by atoms with Crippen LogP contribution in [0.25, 0.3) is 11.1 Å². The summed E-state index contributed by atoms with van der Waals surface area (Å²) in [6.45, 7) is 3.15. The first-order chi connectivity index (χ1) is 15.9. The van der Waals surface area contributed by atoms with Gasteiger partial charge in [-0.15, -0.1) is 0 Å². The van der Waals surface area contributed by atoms with E-state index in [1.54, 1.807) is 31.2 Å². The monoisotopic (exact) mass is 512 g/mol. The number of methoxy groups -OCH3 is 1. The van der Waals surface area contributed by atoms with Crippen molar-refractivity contribution in [2.45, 2.75) is 24.9 Å². The second kappa shape index (κ2) is 9.63. The lowest BCUT2D eigenvalue weighted by Gasteiger charge is -2.16. The Morgan fingerprint density at radius 1 is 1.15 bits per heavy atom. The summed E-state index contributed by atoms with van der Waals surface area (Å²) in [5.74, 6) is -0.776. The number of sulfone groups is 1. The van der Waals surface area contributed by atoms with Crippen LogP contribution in [0, 0.1) is 6.92 Å². The third kappa shape index (κ3) is 5.34. The molecule has 0 fully saturated rings. The van der Waals surface area contributed by atoms with Gasteiger partial charge in [0.2, 0.25) is 0 Å². The average molecular weight is 513 g/mol. The molecule has 180 valence electrons. The molecule has 0 saturated carbocycles. The van der Waals surface area contributed by atoms with Crippen molar-refractivity contribution in [2.75, 3.05) is 18.2 Å². The average Bonchev–Trinajstić information content (AvgIpc) is 2.80. The third-order valence-corrected chi connectivity index (χ3v) is 7.16. The van der Waals surface area contributed by atoms with Crippen molar-refractivity contribution >= 4 is 38.9 Å². The van der Waals surface area contributed by atoms with Crippen LogP contribution in [-0.2, 0) is 20.8 Å². The van der Waals surface area contributed by atoms with Crippen molar-refractivity contribution in [1.82, 2.24) is 4.98 Å². The zero-order valence-electron chi connectivity index (χ0n) is 18.3. The number of anilines is 2. The molecule has 0 aliphatic heterocycles. The summed E-state index contributed by atoms with van der Waals surface area (Å²) in [7, 11) is -2.26. The summed E-state index contributed by atoms with van der Waals surface area (Å²) < 4.78 is 68.3. The topological polar surface area (TPSA) is 85.4 Å². The molecular weight excluding hydrogens is 493 g/mol. The van der Waals surface area contributed by atoms with E-state index in [9.17, 15) is 26.4 Å². The van der Waals surface area contributed by atoms with Gasteiger partial charge in [0, 0.05) is 11.9 Å². The first-order valence-electron chi connectivity index (χ1n) is 9.93. The Morgan fingerprint density at radius 3 is 2.44 bits per heavy atom. The number of pyridine rings is 1. The molecular formula is C23H20ClF3N2O4S. The second-order valence-electron chi connectivity index (χ2n) is 7.30. The Hall–Kier alpha value is -3.11. The Morgan fingerprint density at radius 2 is 1.85 bits per heavy atom. The number of halogens is 4. The number of nitrogens with zero attached hydrogens (tertiary/aromatic N) is 1. The number of esters is 1. The van der Waals surface area contributed by atoms with Gasteiger partial charge in [-0.25, -0.2) is 18.2 Å². The van der Waals surface area contributed by atoms with E-state index in [0.29, 0.717) is 28.6 Å². The van der Waals surface area contributed by atoms with Gasteiger partial charge in [-0.3, -0.25) is 0 Å². The van der Waals surface area contributed by atoms with Gasteiger partial charge in [0.1, 0.15) is 5.82 Å². The van der Waals surface area contributed by atoms with E-state index in [4.69, 9.17) is 16.3 Å². The molecule has 11 heteroatoms. The molecule has 0 aliphatic carbocycles. The van der Waals surface area contributed by atoms with Crippen LogP contribution >= 0.6 is 11.6 Å². The van der Waals surface area contributed by atoms with Gasteiger partial charge < -0.3 is 10.1 Å². The summed E-state index contributed by atoms with van der Waals surface area (Å²) in [5.41, 5.74) is 0.924. The highest BCUT2D eigenvalue weighted by atomic mass is 35.5. The molecule has 0 bridgehead atoms. The Labute approximate surface area is 199 Å². The summed E-state index contributed by atoms with van der Waals surface area (Å²) in [6, 6.07) is 10.1. The fourth-order valence-electron chi connectivity index (χ4n) is 3.18. The Balaban J connectivity index is 2.14. The smallest absolute Gasteiger partial charge is 0.417 e. The number of alkyl halides is 3. The van der Waals surface area contributed by atoms with Gasteiger partial charge >= 0.3 is 12.1 Å². The van der Waals surface area contributed by atoms with Gasteiger partial charge in [-0.05, 0) is 53.9 Å². The van der Waals surface area contributed by atoms with E-state index >= 15 is 0 Å². The van der Waals surface area contributed by atoms with Crippen LogP contribution in [0.1, 0.15) is 28.4 Å². The van der Waals surface area contributed by atoms with Gasteiger partial charge in [-0.2, -0.15) is 13.2 Å². The molecule has 3 rings (SSSR count). The molecule has 0 saturated heterocycles. The summed E-state index contributed by atoms with van der Waals surface area (Å²) in [4.78, 5) is 16.3. The fourth-order valence-corrected chi connectivity index (χ4v) is 4.32. The Bertz CT molecular complexity index is 1360. The SMILES string of the molecule is CCS(=O)(=O)c1cccc(-c2cc(Nc3ncc(C(F)(F)F)cc3Cl)c(C)c(C(=O)OC)c2)c1. The number of hydrogen-bond donors (Lipinski definition) is 1. The third-order valence-electron chi connectivity index (χ3n) is 5.14. The van der Waals surface area contributed by atoms with E-state index in [1.165, 1.54) is 26.2 Å². The van der Waals surface area contributed by atoms with Crippen molar-refractivity contribution < 1.29 is 31.1 Å². The van der Waals surface area contributed by atoms with Gasteiger partial charge in [0.05, 0.1) is 33.9 Å². The molecule has 0 atom stereocenters. The number of carbonyl (C=O) groups is 1. The highest BCUT2D eigenvalue weighted by molar-refractivity contribution is 7.91. The molecule has 0 unspecified atom stereocenters. The quantitative estimate of drug-likeness (QED) is 0.404. The highest BCUT2D eigenvalue weighted by Crippen LogP contribution is 2.36. The number of ether oxygens (including phenoxy) is 1. The minimum Gasteiger partial charge on any atom is -0.465 e. The number of carbonyl (C=O) groups excluding carboxylic acids is 1. The number of nitrogens with one attached hydrogen (secondary N) is 1. The van der Waals surface area contributed by atoms with Crippen LogP contribution in [0.2, 0.25) is 5.02 Å². The van der Waals surface area contributed by atoms with Crippen molar-refractivity contribution in [3.8, 4) is 11.1 Å². The second-order valence-corrected chi connectivity index (χ2v) is 9.98. The maximum atomic E-state index is 12.9. The Kier molecular flexibility index (Phi) is 7.23. The maximum Gasteiger partial charge on any atom is 0.417 e. The van der Waals surface area contributed by atoms with Crippen molar-refractivity contribution in [1.29, 1.82) is 0 Å². The molecule has 0 amide bonds. The summed E-state index contributed by atoms with van der Waals surface area (Å²) in [5, 5.41) is 2.60. The normalized spacial score (nSPS) is 11.9. The summed E-state index contributed by atoms with van der Waals surface area (Å²) in [6.07, 6.45) is -3.96. The zero-order chi connectivity index (χ0) is 25.3. The number of benzene rings is 2. The molecule has 2 aromatic carbocycles. The van der Waals surface area contributed by atoms with Crippen molar-refractivity contribution in [3.05, 3.63) is 70.4 Å². The van der Waals surface area contributed by atoms with Crippen LogP contribution in [0.15, 0.2) is 53.6 Å². The molecule has 0 radical (unpaired) electrons. The molecule has 1 heterocycles. The predicted octanol–water partition coefficient (Wildman–Crippen LogP) is 6.05. The zero-order valence-corrected chi connectivity index (χ0v) is 19.9. The molecule has 1 aromatic heterocycles. The molecule has 34 heavy (non-hydrogen) atoms. The first-order valence-corrected chi connectivity index (χ1v) is 12.0. The molecule has 0 spiro atoms. The first kappa shape index (κ1) is 25.5. The van der Waals surface area contributed by atoms with Crippen LogP contribution < -0.4 is 5.32 Å². The predicted molar refractivity (Wildman–Crippen MR) is 123 cm³/mol. The van der Waals surface area contributed by atoms with Crippen LogP contribution in [0.4, 0.5) is 24.7 Å². The van der Waals surface area contributed by atoms with Crippen LogP contribution in [-0.4, -0.2) is 32.2 Å². The van der Waals surface area contributed by atoms with Gasteiger partial charge in [0.15, 0.2) is 9.84 Å². The fraction of sp³-hybridized carbons (Fsp3) is 0.217. The minimum atomic E-state index is -4.60. The number of rotatable bonds is 6. The minimum absolute atomic E-state index is 0.0481. The van der Waals surface area contributed by atoms with Crippen molar-refractivity contribution in [2.24, 2.45) is 0 Å². The number of hydrogen-bond acceptors (Lipinski definition) is 6. The molecule has 3 aromatic rings. The standard InChI is InChI=1S/C23H20ClF3N2O4S/c1-4-34(31,32)17-7-5-6-14(8-17)15-9-18(22(30)33-3)13(2)20(10-15)29-21-19(24)11-16(12-28-21)23(25,26)27/h5-12H,4H2,1-3H3,(H,28,29). The van der Waals surface area contributed by atoms with E-state index in [1.807, 2.05) is 0 Å². The molecule has 1 N–H and O–H groups in total. The largest absolute Gasteiger partial charge is 0.465 e. The van der Waals surface area contributed by atoms with Gasteiger partial charge in [0.25, 0.3) is 0 Å². The van der Waals surface area contributed by atoms with Gasteiger partial charge in [-0.1, -0.05) is 30.7 Å². The lowest BCUT2D eigenvalue weighted by atomic mass is 9.97. The van der Waals surface area contributed by atoms with E-state index in [-0.39, 0.29) is 27.1 Å². The maximum absolute atomic E-state index is 12.9. The highest BCUT2D eigenvalue weighted by Gasteiger charge is 2.31. The van der Waals surface area contributed by atoms with E-state index in [2.05, 4.69) is 10.3 Å². The van der Waals surface area contributed by atoms with E-state index in [0.717, 1.165) is 6.07 Å². The lowest BCUT2D eigenvalue weighted by Crippen LogP contribution is -2.09. The lowest BCUT2D eigenvalue weighted by molar-refractivity contribution is -0.137. The van der Waals surface area contributed by atoms with E-state index < -0.39 is 27.5 Å². The molecule has 6 nitrogen and oxygen atoms in total.